The number of nitrogens with zero attached hydrogens (tertiary/aromatic N) is 1. The number of rotatable bonds is 6. The zero-order valence-corrected chi connectivity index (χ0v) is 16.5. The Morgan fingerprint density at radius 3 is 2.28 bits per heavy atom. The van der Waals surface area contributed by atoms with Gasteiger partial charge in [-0.2, -0.15) is 5.10 Å². The molecule has 1 amide bonds. The zero-order valence-electron chi connectivity index (χ0n) is 15.8. The number of esters is 1. The van der Waals surface area contributed by atoms with Gasteiger partial charge in [0.05, 0.1) is 18.2 Å². The van der Waals surface area contributed by atoms with Crippen LogP contribution in [0.3, 0.4) is 0 Å². The molecule has 0 aliphatic heterocycles. The van der Waals surface area contributed by atoms with Crippen molar-refractivity contribution in [1.82, 2.24) is 5.43 Å². The quantitative estimate of drug-likeness (QED) is 0.282. The van der Waals surface area contributed by atoms with E-state index in [0.717, 1.165) is 16.7 Å². The van der Waals surface area contributed by atoms with Crippen LogP contribution in [0, 0.1) is 6.92 Å². The van der Waals surface area contributed by atoms with Gasteiger partial charge in [-0.3, -0.25) is 4.79 Å². The Hall–Kier alpha value is -3.44. The van der Waals surface area contributed by atoms with Crippen LogP contribution in [-0.4, -0.2) is 18.1 Å². The van der Waals surface area contributed by atoms with E-state index >= 15 is 0 Å². The Morgan fingerprint density at radius 2 is 1.62 bits per heavy atom. The van der Waals surface area contributed by atoms with Crippen molar-refractivity contribution in [3.8, 4) is 5.75 Å². The van der Waals surface area contributed by atoms with E-state index in [1.165, 1.54) is 6.21 Å². The number of amides is 1. The van der Waals surface area contributed by atoms with Gasteiger partial charge in [0.15, 0.2) is 0 Å². The van der Waals surface area contributed by atoms with Crippen molar-refractivity contribution in [3.63, 3.8) is 0 Å². The predicted octanol–water partition coefficient (Wildman–Crippen LogP) is 4.56. The third-order valence-electron chi connectivity index (χ3n) is 4.06. The molecule has 0 radical (unpaired) electrons. The highest BCUT2D eigenvalue weighted by molar-refractivity contribution is 6.30. The SMILES string of the molecule is Cc1ccc(CC(=O)NN=Cc2ccc(OC(=O)c3ccc(Cl)cc3)cc2)cc1. The molecule has 0 heterocycles. The molecular weight excluding hydrogens is 388 g/mol. The molecule has 146 valence electrons. The fourth-order valence-corrected chi connectivity index (χ4v) is 2.61. The maximum absolute atomic E-state index is 12.1. The molecule has 3 aromatic carbocycles. The second-order valence-corrected chi connectivity index (χ2v) is 6.86. The number of hydrogen-bond acceptors (Lipinski definition) is 4. The third-order valence-corrected chi connectivity index (χ3v) is 4.31. The Labute approximate surface area is 174 Å². The third kappa shape index (κ3) is 6.30. The average Bonchev–Trinajstić information content (AvgIpc) is 2.71. The van der Waals surface area contributed by atoms with Crippen LogP contribution in [-0.2, 0) is 11.2 Å². The Kier molecular flexibility index (Phi) is 6.76. The summed E-state index contributed by atoms with van der Waals surface area (Å²) in [5.41, 5.74) is 5.74. The predicted molar refractivity (Wildman–Crippen MR) is 113 cm³/mol. The van der Waals surface area contributed by atoms with Gasteiger partial charge in [0.25, 0.3) is 0 Å². The minimum Gasteiger partial charge on any atom is -0.423 e. The van der Waals surface area contributed by atoms with Crippen LogP contribution in [0.15, 0.2) is 77.9 Å². The number of ether oxygens (including phenoxy) is 1. The van der Waals surface area contributed by atoms with Gasteiger partial charge in [0.1, 0.15) is 5.75 Å². The normalized spacial score (nSPS) is 10.7. The number of hydrazone groups is 1. The minimum atomic E-state index is -0.466. The number of carbonyl (C=O) groups excluding carboxylic acids is 2. The lowest BCUT2D eigenvalue weighted by atomic mass is 10.1. The lowest BCUT2D eigenvalue weighted by molar-refractivity contribution is -0.120. The van der Waals surface area contributed by atoms with Crippen LogP contribution < -0.4 is 10.2 Å². The Balaban J connectivity index is 1.50. The van der Waals surface area contributed by atoms with Gasteiger partial charge in [0, 0.05) is 5.02 Å². The summed E-state index contributed by atoms with van der Waals surface area (Å²) in [5.74, 6) is -0.254. The first kappa shape index (κ1) is 20.3. The van der Waals surface area contributed by atoms with Crippen LogP contribution in [0.2, 0.25) is 5.02 Å². The molecule has 0 fully saturated rings. The molecule has 0 atom stereocenters. The summed E-state index contributed by atoms with van der Waals surface area (Å²) in [7, 11) is 0. The summed E-state index contributed by atoms with van der Waals surface area (Å²) in [6.45, 7) is 2.00. The topological polar surface area (TPSA) is 67.8 Å². The molecule has 0 bridgehead atoms. The standard InChI is InChI=1S/C23H19ClN2O3/c1-16-2-4-17(5-3-16)14-22(27)26-25-15-18-6-12-21(13-7-18)29-23(28)19-8-10-20(24)11-9-19/h2-13,15H,14H2,1H3,(H,26,27). The van der Waals surface area contributed by atoms with E-state index in [4.69, 9.17) is 16.3 Å². The van der Waals surface area contributed by atoms with E-state index in [-0.39, 0.29) is 12.3 Å². The first-order valence-electron chi connectivity index (χ1n) is 8.95. The van der Waals surface area contributed by atoms with Crippen molar-refractivity contribution in [2.24, 2.45) is 5.10 Å². The van der Waals surface area contributed by atoms with Gasteiger partial charge < -0.3 is 4.74 Å². The second kappa shape index (κ2) is 9.66. The molecule has 6 heteroatoms. The van der Waals surface area contributed by atoms with Crippen molar-refractivity contribution < 1.29 is 14.3 Å². The van der Waals surface area contributed by atoms with Crippen molar-refractivity contribution >= 4 is 29.7 Å². The smallest absolute Gasteiger partial charge is 0.343 e. The largest absolute Gasteiger partial charge is 0.423 e. The lowest BCUT2D eigenvalue weighted by Crippen LogP contribution is -2.19. The molecule has 0 saturated heterocycles. The number of benzene rings is 3. The van der Waals surface area contributed by atoms with Gasteiger partial charge in [-0.05, 0) is 66.6 Å². The van der Waals surface area contributed by atoms with Gasteiger partial charge in [0.2, 0.25) is 5.91 Å². The molecule has 0 aliphatic rings. The summed E-state index contributed by atoms with van der Waals surface area (Å²) >= 11 is 5.81. The molecule has 0 spiro atoms. The highest BCUT2D eigenvalue weighted by atomic mass is 35.5. The molecule has 0 aromatic heterocycles. The van der Waals surface area contributed by atoms with E-state index in [0.29, 0.717) is 16.3 Å². The molecule has 29 heavy (non-hydrogen) atoms. The monoisotopic (exact) mass is 406 g/mol. The molecule has 3 rings (SSSR count). The zero-order chi connectivity index (χ0) is 20.6. The van der Waals surface area contributed by atoms with Crippen molar-refractivity contribution in [3.05, 3.63) is 100 Å². The minimum absolute atomic E-state index is 0.196. The molecule has 0 saturated carbocycles. The first-order chi connectivity index (χ1) is 14.0. The fourth-order valence-electron chi connectivity index (χ4n) is 2.48. The summed E-state index contributed by atoms with van der Waals surface area (Å²) in [4.78, 5) is 24.0. The van der Waals surface area contributed by atoms with E-state index in [1.54, 1.807) is 48.5 Å². The van der Waals surface area contributed by atoms with Gasteiger partial charge in [-0.1, -0.05) is 41.4 Å². The van der Waals surface area contributed by atoms with Crippen LogP contribution in [0.1, 0.15) is 27.0 Å². The molecule has 1 N–H and O–H groups in total. The van der Waals surface area contributed by atoms with E-state index in [2.05, 4.69) is 10.5 Å². The molecular formula is C23H19ClN2O3. The second-order valence-electron chi connectivity index (χ2n) is 6.42. The summed E-state index contributed by atoms with van der Waals surface area (Å²) in [5, 5.41) is 4.51. The van der Waals surface area contributed by atoms with Crippen LogP contribution in [0.25, 0.3) is 0 Å². The molecule has 0 unspecified atom stereocenters. The Morgan fingerprint density at radius 1 is 0.966 bits per heavy atom. The van der Waals surface area contributed by atoms with Crippen LogP contribution in [0.4, 0.5) is 0 Å². The highest BCUT2D eigenvalue weighted by Crippen LogP contribution is 2.15. The molecule has 0 aliphatic carbocycles. The molecule has 5 nitrogen and oxygen atoms in total. The molecule has 3 aromatic rings. The number of aryl methyl sites for hydroxylation is 1. The average molecular weight is 407 g/mol. The number of nitrogens with one attached hydrogen (secondary N) is 1. The maximum atomic E-state index is 12.1. The van der Waals surface area contributed by atoms with Gasteiger partial charge in [-0.15, -0.1) is 0 Å². The van der Waals surface area contributed by atoms with E-state index in [1.807, 2.05) is 31.2 Å². The lowest BCUT2D eigenvalue weighted by Gasteiger charge is -2.05. The van der Waals surface area contributed by atoms with Gasteiger partial charge >= 0.3 is 5.97 Å². The highest BCUT2D eigenvalue weighted by Gasteiger charge is 2.08. The fraction of sp³-hybridized carbons (Fsp3) is 0.0870. The summed E-state index contributed by atoms with van der Waals surface area (Å²) in [6.07, 6.45) is 1.79. The summed E-state index contributed by atoms with van der Waals surface area (Å²) < 4.78 is 5.32. The van der Waals surface area contributed by atoms with Crippen molar-refractivity contribution in [2.45, 2.75) is 13.3 Å². The summed E-state index contributed by atoms with van der Waals surface area (Å²) in [6, 6.07) is 21.0. The Bertz CT molecular complexity index is 1010. The van der Waals surface area contributed by atoms with Crippen LogP contribution in [0.5, 0.6) is 5.75 Å². The van der Waals surface area contributed by atoms with Gasteiger partial charge in [-0.25, -0.2) is 10.2 Å². The van der Waals surface area contributed by atoms with Crippen LogP contribution >= 0.6 is 11.6 Å². The van der Waals surface area contributed by atoms with Crippen molar-refractivity contribution in [2.75, 3.05) is 0 Å². The van der Waals surface area contributed by atoms with Crippen molar-refractivity contribution in [1.29, 1.82) is 0 Å². The number of carbonyl (C=O) groups is 2. The van der Waals surface area contributed by atoms with E-state index < -0.39 is 5.97 Å². The maximum Gasteiger partial charge on any atom is 0.343 e. The number of halogens is 1. The van der Waals surface area contributed by atoms with E-state index in [9.17, 15) is 9.59 Å². The first-order valence-corrected chi connectivity index (χ1v) is 9.33. The number of hydrogen-bond donors (Lipinski definition) is 1.